The van der Waals surface area contributed by atoms with Crippen LogP contribution in [0.1, 0.15) is 20.8 Å². The maximum Gasteiger partial charge on any atom is 0.316 e. The Bertz CT molecular complexity index is 292. The van der Waals surface area contributed by atoms with E-state index in [-0.39, 0.29) is 0 Å². The first-order valence-electron chi connectivity index (χ1n) is 5.68. The standard InChI is InChI=1S/C11H20N2O4/c1-11(2,3)8(10(15)16)9(14)12-13-4-6-17-7-5-13/h8H,4-7H2,1-3H3,(H,12,14)(H,15,16). The summed E-state index contributed by atoms with van der Waals surface area (Å²) in [4.78, 5) is 23.1. The molecular weight excluding hydrogens is 224 g/mol. The molecule has 1 fully saturated rings. The molecule has 1 saturated heterocycles. The lowest BCUT2D eigenvalue weighted by molar-refractivity contribution is -0.154. The molecule has 2 N–H and O–H groups in total. The zero-order chi connectivity index (χ0) is 13.1. The summed E-state index contributed by atoms with van der Waals surface area (Å²) in [6.45, 7) is 7.49. The van der Waals surface area contributed by atoms with Crippen molar-refractivity contribution in [1.82, 2.24) is 10.4 Å². The van der Waals surface area contributed by atoms with Gasteiger partial charge in [0.25, 0.3) is 0 Å². The number of morpholine rings is 1. The van der Waals surface area contributed by atoms with Crippen molar-refractivity contribution in [3.63, 3.8) is 0 Å². The number of carbonyl (C=O) groups excluding carboxylic acids is 1. The number of hydrogen-bond donors (Lipinski definition) is 2. The second kappa shape index (κ2) is 5.46. The third-order valence-corrected chi connectivity index (χ3v) is 2.65. The molecule has 0 radical (unpaired) electrons. The van der Waals surface area contributed by atoms with Crippen molar-refractivity contribution >= 4 is 11.9 Å². The summed E-state index contributed by atoms with van der Waals surface area (Å²) >= 11 is 0. The predicted molar refractivity (Wildman–Crippen MR) is 61.1 cm³/mol. The zero-order valence-corrected chi connectivity index (χ0v) is 10.5. The van der Waals surface area contributed by atoms with Gasteiger partial charge in [0.1, 0.15) is 5.92 Å². The first kappa shape index (κ1) is 13.9. The van der Waals surface area contributed by atoms with Crippen molar-refractivity contribution in [2.75, 3.05) is 26.3 Å². The van der Waals surface area contributed by atoms with Gasteiger partial charge in [0.2, 0.25) is 5.91 Å². The topological polar surface area (TPSA) is 78.9 Å². The van der Waals surface area contributed by atoms with Gasteiger partial charge in [-0.05, 0) is 5.41 Å². The summed E-state index contributed by atoms with van der Waals surface area (Å²) in [7, 11) is 0. The summed E-state index contributed by atoms with van der Waals surface area (Å²) in [5.41, 5.74) is 2.03. The SMILES string of the molecule is CC(C)(C)C(C(=O)O)C(=O)NN1CCOCC1. The lowest BCUT2D eigenvalue weighted by atomic mass is 9.80. The molecule has 17 heavy (non-hydrogen) atoms. The van der Waals surface area contributed by atoms with Crippen LogP contribution >= 0.6 is 0 Å². The average Bonchev–Trinajstić information content (AvgIpc) is 2.15. The molecule has 0 saturated carbocycles. The largest absolute Gasteiger partial charge is 0.481 e. The number of ether oxygens (including phenoxy) is 1. The van der Waals surface area contributed by atoms with Crippen LogP contribution in [0, 0.1) is 11.3 Å². The van der Waals surface area contributed by atoms with Crippen LogP contribution in [0.4, 0.5) is 0 Å². The molecule has 1 amide bonds. The van der Waals surface area contributed by atoms with E-state index in [1.54, 1.807) is 25.8 Å². The van der Waals surface area contributed by atoms with E-state index in [1.807, 2.05) is 0 Å². The van der Waals surface area contributed by atoms with Crippen molar-refractivity contribution in [3.8, 4) is 0 Å². The molecule has 0 aromatic carbocycles. The zero-order valence-electron chi connectivity index (χ0n) is 10.5. The third-order valence-electron chi connectivity index (χ3n) is 2.65. The fourth-order valence-corrected chi connectivity index (χ4v) is 1.77. The van der Waals surface area contributed by atoms with Gasteiger partial charge >= 0.3 is 5.97 Å². The normalized spacial score (nSPS) is 19.7. The second-order valence-electron chi connectivity index (χ2n) is 5.21. The monoisotopic (exact) mass is 244 g/mol. The average molecular weight is 244 g/mol. The molecule has 1 atom stereocenters. The quantitative estimate of drug-likeness (QED) is 0.688. The minimum absolute atomic E-state index is 0.466. The van der Waals surface area contributed by atoms with Crippen LogP contribution in [0.3, 0.4) is 0 Å². The highest BCUT2D eigenvalue weighted by molar-refractivity contribution is 5.97. The maximum absolute atomic E-state index is 11.9. The van der Waals surface area contributed by atoms with E-state index in [0.717, 1.165) is 0 Å². The van der Waals surface area contributed by atoms with E-state index < -0.39 is 23.2 Å². The van der Waals surface area contributed by atoms with Crippen LogP contribution in [0.25, 0.3) is 0 Å². The van der Waals surface area contributed by atoms with Crippen LogP contribution in [-0.4, -0.2) is 48.3 Å². The molecule has 6 heteroatoms. The highest BCUT2D eigenvalue weighted by Gasteiger charge is 2.38. The number of carboxylic acids is 1. The van der Waals surface area contributed by atoms with Crippen LogP contribution in [0.2, 0.25) is 0 Å². The Hall–Kier alpha value is -1.14. The molecule has 98 valence electrons. The van der Waals surface area contributed by atoms with Crippen molar-refractivity contribution in [2.24, 2.45) is 11.3 Å². The molecule has 0 aromatic heterocycles. The van der Waals surface area contributed by atoms with E-state index in [9.17, 15) is 9.59 Å². The lowest BCUT2D eigenvalue weighted by Crippen LogP contribution is -2.53. The number of hydrazine groups is 1. The Morgan fingerprint density at radius 2 is 1.82 bits per heavy atom. The summed E-state index contributed by atoms with van der Waals surface area (Å²) in [5, 5.41) is 10.8. The van der Waals surface area contributed by atoms with Crippen LogP contribution in [0.5, 0.6) is 0 Å². The van der Waals surface area contributed by atoms with Gasteiger partial charge in [-0.3, -0.25) is 15.0 Å². The van der Waals surface area contributed by atoms with E-state index in [1.165, 1.54) is 0 Å². The molecule has 1 rings (SSSR count). The van der Waals surface area contributed by atoms with Gasteiger partial charge in [0, 0.05) is 13.1 Å². The van der Waals surface area contributed by atoms with Gasteiger partial charge in [-0.25, -0.2) is 5.01 Å². The summed E-state index contributed by atoms with van der Waals surface area (Å²) in [5.74, 6) is -2.61. The van der Waals surface area contributed by atoms with Gasteiger partial charge in [-0.2, -0.15) is 0 Å². The number of nitrogens with zero attached hydrogens (tertiary/aromatic N) is 1. The van der Waals surface area contributed by atoms with Crippen molar-refractivity contribution < 1.29 is 19.4 Å². The lowest BCUT2D eigenvalue weighted by Gasteiger charge is -2.31. The molecule has 6 nitrogen and oxygen atoms in total. The highest BCUT2D eigenvalue weighted by Crippen LogP contribution is 2.26. The first-order chi connectivity index (χ1) is 7.82. The number of rotatable bonds is 3. The first-order valence-corrected chi connectivity index (χ1v) is 5.68. The Kier molecular flexibility index (Phi) is 4.47. The van der Waals surface area contributed by atoms with E-state index in [2.05, 4.69) is 5.43 Å². The van der Waals surface area contributed by atoms with Crippen molar-refractivity contribution in [1.29, 1.82) is 0 Å². The Balaban J connectivity index is 2.62. The number of hydrogen-bond acceptors (Lipinski definition) is 4. The van der Waals surface area contributed by atoms with Crippen LogP contribution in [-0.2, 0) is 14.3 Å². The number of nitrogens with one attached hydrogen (secondary N) is 1. The molecule has 1 aliphatic heterocycles. The molecule has 0 aliphatic carbocycles. The number of carboxylic acid groups (broad SMARTS) is 1. The number of carbonyl (C=O) groups is 2. The number of amides is 1. The van der Waals surface area contributed by atoms with Gasteiger partial charge in [-0.1, -0.05) is 20.8 Å². The van der Waals surface area contributed by atoms with E-state index >= 15 is 0 Å². The van der Waals surface area contributed by atoms with Crippen LogP contribution < -0.4 is 5.43 Å². The molecular formula is C11H20N2O4. The van der Waals surface area contributed by atoms with Gasteiger partial charge < -0.3 is 9.84 Å². The minimum Gasteiger partial charge on any atom is -0.481 e. The highest BCUT2D eigenvalue weighted by atomic mass is 16.5. The molecule has 1 unspecified atom stereocenters. The second-order valence-corrected chi connectivity index (χ2v) is 5.21. The van der Waals surface area contributed by atoms with E-state index in [4.69, 9.17) is 9.84 Å². The number of aliphatic carboxylic acids is 1. The van der Waals surface area contributed by atoms with E-state index in [0.29, 0.717) is 26.3 Å². The van der Waals surface area contributed by atoms with Crippen molar-refractivity contribution in [2.45, 2.75) is 20.8 Å². The summed E-state index contributed by atoms with van der Waals surface area (Å²) in [6, 6.07) is 0. The fourth-order valence-electron chi connectivity index (χ4n) is 1.77. The molecule has 0 spiro atoms. The molecule has 0 bridgehead atoms. The van der Waals surface area contributed by atoms with Gasteiger partial charge in [0.05, 0.1) is 13.2 Å². The summed E-state index contributed by atoms with van der Waals surface area (Å²) < 4.78 is 5.15. The minimum atomic E-state index is -1.09. The fraction of sp³-hybridized carbons (Fsp3) is 0.818. The third kappa shape index (κ3) is 3.98. The molecule has 1 aliphatic rings. The smallest absolute Gasteiger partial charge is 0.316 e. The summed E-state index contributed by atoms with van der Waals surface area (Å²) in [6.07, 6.45) is 0. The van der Waals surface area contributed by atoms with Crippen LogP contribution in [0.15, 0.2) is 0 Å². The van der Waals surface area contributed by atoms with Gasteiger partial charge in [-0.15, -0.1) is 0 Å². The molecule has 0 aromatic rings. The maximum atomic E-state index is 11.9. The Labute approximate surface area is 101 Å². The Morgan fingerprint density at radius 3 is 2.24 bits per heavy atom. The Morgan fingerprint density at radius 1 is 1.29 bits per heavy atom. The molecule has 1 heterocycles. The predicted octanol–water partition coefficient (Wildman–Crippen LogP) is 0.0967. The van der Waals surface area contributed by atoms with Crippen molar-refractivity contribution in [3.05, 3.63) is 0 Å². The van der Waals surface area contributed by atoms with Gasteiger partial charge in [0.15, 0.2) is 0 Å².